The number of carbonyl (C=O) groups is 2. The first-order valence-corrected chi connectivity index (χ1v) is 6.61. The predicted octanol–water partition coefficient (Wildman–Crippen LogP) is 1.51. The lowest BCUT2D eigenvalue weighted by atomic mass is 10.1. The van der Waals surface area contributed by atoms with Gasteiger partial charge in [0, 0.05) is 6.54 Å². The van der Waals surface area contributed by atoms with E-state index in [1.165, 1.54) is 11.0 Å². The maximum Gasteiger partial charge on any atom is 0.265 e. The van der Waals surface area contributed by atoms with Gasteiger partial charge in [-0.05, 0) is 36.0 Å². The van der Waals surface area contributed by atoms with Crippen LogP contribution in [0.1, 0.15) is 5.56 Å². The van der Waals surface area contributed by atoms with E-state index in [1.807, 2.05) is 0 Å². The number of thiocarbonyl (C=S) groups is 1. The summed E-state index contributed by atoms with van der Waals surface area (Å²) >= 11 is 4.98. The second kappa shape index (κ2) is 6.32. The summed E-state index contributed by atoms with van der Waals surface area (Å²) in [6, 6.07) is 7.08. The third-order valence-electron chi connectivity index (χ3n) is 2.90. The van der Waals surface area contributed by atoms with Crippen LogP contribution < -0.4 is 10.1 Å². The van der Waals surface area contributed by atoms with Crippen molar-refractivity contribution in [2.75, 3.05) is 13.7 Å². The van der Waals surface area contributed by atoms with Crippen LogP contribution in [0.5, 0.6) is 5.75 Å². The Balaban J connectivity index is 2.37. The molecule has 1 heterocycles. The minimum absolute atomic E-state index is 0.0266. The first-order chi connectivity index (χ1) is 10.1. The minimum Gasteiger partial charge on any atom is -0.497 e. The van der Waals surface area contributed by atoms with Crippen molar-refractivity contribution in [3.8, 4) is 5.75 Å². The molecule has 0 atom stereocenters. The van der Waals surface area contributed by atoms with E-state index in [9.17, 15) is 9.59 Å². The molecule has 0 saturated carbocycles. The Bertz CT molecular complexity index is 652. The first kappa shape index (κ1) is 14.9. The quantitative estimate of drug-likeness (QED) is 0.396. The normalized spacial score (nSPS) is 16.9. The largest absolute Gasteiger partial charge is 0.497 e. The molecule has 1 aromatic carbocycles. The molecule has 0 aliphatic carbocycles. The van der Waals surface area contributed by atoms with E-state index in [1.54, 1.807) is 37.5 Å². The highest BCUT2D eigenvalue weighted by molar-refractivity contribution is 7.80. The van der Waals surface area contributed by atoms with E-state index in [0.29, 0.717) is 11.3 Å². The molecular weight excluding hydrogens is 288 g/mol. The van der Waals surface area contributed by atoms with Crippen LogP contribution in [-0.4, -0.2) is 35.5 Å². The number of benzene rings is 1. The zero-order chi connectivity index (χ0) is 15.4. The van der Waals surface area contributed by atoms with Crippen LogP contribution in [0.25, 0.3) is 6.08 Å². The van der Waals surface area contributed by atoms with Crippen molar-refractivity contribution >= 4 is 35.2 Å². The third kappa shape index (κ3) is 3.17. The Morgan fingerprint density at radius 1 is 1.43 bits per heavy atom. The molecular formula is C15H14N2O3S. The van der Waals surface area contributed by atoms with E-state index >= 15 is 0 Å². The van der Waals surface area contributed by atoms with Crippen LogP contribution in [0.4, 0.5) is 0 Å². The van der Waals surface area contributed by atoms with Gasteiger partial charge >= 0.3 is 0 Å². The minimum atomic E-state index is -0.506. The summed E-state index contributed by atoms with van der Waals surface area (Å²) in [4.78, 5) is 25.6. The number of amides is 2. The molecule has 5 nitrogen and oxygen atoms in total. The van der Waals surface area contributed by atoms with Gasteiger partial charge in [-0.25, -0.2) is 0 Å². The molecule has 1 aliphatic heterocycles. The molecule has 0 spiro atoms. The van der Waals surface area contributed by atoms with E-state index in [2.05, 4.69) is 11.9 Å². The molecule has 0 bridgehead atoms. The summed E-state index contributed by atoms with van der Waals surface area (Å²) < 4.78 is 5.12. The standard InChI is InChI=1S/C15H14N2O3S/c1-3-7-17-14(19)12(13(18)16-15(17)21)9-10-5-4-6-11(8-10)20-2/h3-6,8-9H,1,7H2,2H3,(H,16,18,21)/b12-9-. The molecule has 6 heteroatoms. The Hall–Kier alpha value is -2.47. The average molecular weight is 302 g/mol. The summed E-state index contributed by atoms with van der Waals surface area (Å²) in [6.07, 6.45) is 3.06. The van der Waals surface area contributed by atoms with Crippen molar-refractivity contribution in [2.24, 2.45) is 0 Å². The van der Waals surface area contributed by atoms with Gasteiger partial charge in [-0.2, -0.15) is 0 Å². The molecule has 0 aromatic heterocycles. The van der Waals surface area contributed by atoms with Crippen LogP contribution in [0.15, 0.2) is 42.5 Å². The molecule has 1 saturated heterocycles. The molecule has 1 fully saturated rings. The van der Waals surface area contributed by atoms with Crippen LogP contribution in [0.3, 0.4) is 0 Å². The SMILES string of the molecule is C=CCN1C(=O)/C(=C\c2cccc(OC)c2)C(=O)NC1=S. The van der Waals surface area contributed by atoms with Gasteiger partial charge in [0.05, 0.1) is 7.11 Å². The molecule has 108 valence electrons. The fraction of sp³-hybridized carbons (Fsp3) is 0.133. The Kier molecular flexibility index (Phi) is 4.49. The van der Waals surface area contributed by atoms with Crippen LogP contribution in [0.2, 0.25) is 0 Å². The number of carbonyl (C=O) groups excluding carboxylic acids is 2. The van der Waals surface area contributed by atoms with Gasteiger partial charge in [0.1, 0.15) is 11.3 Å². The monoisotopic (exact) mass is 302 g/mol. The zero-order valence-electron chi connectivity index (χ0n) is 11.5. The fourth-order valence-electron chi connectivity index (χ4n) is 1.89. The Morgan fingerprint density at radius 2 is 2.19 bits per heavy atom. The van der Waals surface area contributed by atoms with Crippen molar-refractivity contribution in [3.63, 3.8) is 0 Å². The number of rotatable bonds is 4. The number of hydrogen-bond acceptors (Lipinski definition) is 4. The topological polar surface area (TPSA) is 58.6 Å². The van der Waals surface area contributed by atoms with Crippen molar-refractivity contribution < 1.29 is 14.3 Å². The summed E-state index contributed by atoms with van der Waals surface area (Å²) in [5.74, 6) is -0.300. The highest BCUT2D eigenvalue weighted by Gasteiger charge is 2.32. The maximum absolute atomic E-state index is 12.3. The fourth-order valence-corrected chi connectivity index (χ4v) is 2.14. The number of methoxy groups -OCH3 is 1. The van der Waals surface area contributed by atoms with Gasteiger partial charge < -0.3 is 4.74 Å². The van der Waals surface area contributed by atoms with Gasteiger partial charge in [0.2, 0.25) is 0 Å². The Labute approximate surface area is 127 Å². The summed E-state index contributed by atoms with van der Waals surface area (Å²) in [7, 11) is 1.55. The summed E-state index contributed by atoms with van der Waals surface area (Å²) in [5, 5.41) is 2.58. The molecule has 2 amide bonds. The molecule has 1 N–H and O–H groups in total. The van der Waals surface area contributed by atoms with Crippen molar-refractivity contribution in [3.05, 3.63) is 48.1 Å². The average Bonchev–Trinajstić information content (AvgIpc) is 2.48. The number of nitrogens with one attached hydrogen (secondary N) is 1. The van der Waals surface area contributed by atoms with Crippen molar-refractivity contribution in [2.45, 2.75) is 0 Å². The molecule has 1 aliphatic rings. The van der Waals surface area contributed by atoms with Gasteiger partial charge in [0.15, 0.2) is 5.11 Å². The predicted molar refractivity (Wildman–Crippen MR) is 83.6 cm³/mol. The van der Waals surface area contributed by atoms with Crippen LogP contribution >= 0.6 is 12.2 Å². The zero-order valence-corrected chi connectivity index (χ0v) is 12.3. The van der Waals surface area contributed by atoms with Crippen LogP contribution in [-0.2, 0) is 9.59 Å². The lowest BCUT2D eigenvalue weighted by Crippen LogP contribution is -2.53. The van der Waals surface area contributed by atoms with Gasteiger partial charge in [0.25, 0.3) is 11.8 Å². The van der Waals surface area contributed by atoms with Crippen molar-refractivity contribution in [1.29, 1.82) is 0 Å². The van der Waals surface area contributed by atoms with E-state index in [0.717, 1.165) is 0 Å². The number of ether oxygens (including phenoxy) is 1. The van der Waals surface area contributed by atoms with E-state index < -0.39 is 11.8 Å². The molecule has 2 rings (SSSR count). The van der Waals surface area contributed by atoms with Gasteiger partial charge in [-0.3, -0.25) is 19.8 Å². The van der Waals surface area contributed by atoms with Crippen molar-refractivity contribution in [1.82, 2.24) is 10.2 Å². The molecule has 21 heavy (non-hydrogen) atoms. The van der Waals surface area contributed by atoms with E-state index in [4.69, 9.17) is 17.0 Å². The third-order valence-corrected chi connectivity index (χ3v) is 3.22. The molecule has 0 unspecified atom stereocenters. The van der Waals surface area contributed by atoms with E-state index in [-0.39, 0.29) is 17.2 Å². The highest BCUT2D eigenvalue weighted by atomic mass is 32.1. The first-order valence-electron chi connectivity index (χ1n) is 6.20. The van der Waals surface area contributed by atoms with Gasteiger partial charge in [-0.15, -0.1) is 6.58 Å². The summed E-state index contributed by atoms with van der Waals surface area (Å²) in [6.45, 7) is 3.82. The number of nitrogens with zero attached hydrogens (tertiary/aromatic N) is 1. The summed E-state index contributed by atoms with van der Waals surface area (Å²) in [5.41, 5.74) is 0.720. The lowest BCUT2D eigenvalue weighted by Gasteiger charge is -2.27. The van der Waals surface area contributed by atoms with Crippen LogP contribution in [0, 0.1) is 0 Å². The Morgan fingerprint density at radius 3 is 2.86 bits per heavy atom. The highest BCUT2D eigenvalue weighted by Crippen LogP contribution is 2.18. The van der Waals surface area contributed by atoms with Gasteiger partial charge in [-0.1, -0.05) is 18.2 Å². The smallest absolute Gasteiger partial charge is 0.265 e. The number of hydrogen-bond donors (Lipinski definition) is 1. The second-order valence-corrected chi connectivity index (χ2v) is 4.69. The maximum atomic E-state index is 12.3. The molecule has 0 radical (unpaired) electrons. The second-order valence-electron chi connectivity index (χ2n) is 4.30. The molecule has 1 aromatic rings. The lowest BCUT2D eigenvalue weighted by molar-refractivity contribution is -0.128.